The van der Waals surface area contributed by atoms with E-state index < -0.39 is 0 Å². The van der Waals surface area contributed by atoms with E-state index in [1.165, 1.54) is 50.5 Å². The Hall–Kier alpha value is -2.68. The predicted octanol–water partition coefficient (Wildman–Crippen LogP) is 8.36. The summed E-state index contributed by atoms with van der Waals surface area (Å²) in [5.74, 6) is 2.76. The lowest BCUT2D eigenvalue weighted by Crippen LogP contribution is -2.36. The van der Waals surface area contributed by atoms with Crippen molar-refractivity contribution >= 4 is 0 Å². The van der Waals surface area contributed by atoms with E-state index in [4.69, 9.17) is 25.4 Å². The minimum atomic E-state index is -0.202. The molecule has 0 aromatic heterocycles. The third kappa shape index (κ3) is 10.6. The third-order valence-corrected chi connectivity index (χ3v) is 7.94. The molecule has 2 aliphatic heterocycles. The fourth-order valence-electron chi connectivity index (χ4n) is 5.54. The Kier molecular flexibility index (Phi) is 13.7. The third-order valence-electron chi connectivity index (χ3n) is 7.94. The number of unbranched alkanes of at least 4 members (excludes halogenated alkanes) is 7. The van der Waals surface area contributed by atoms with Gasteiger partial charge in [-0.3, -0.25) is 0 Å². The van der Waals surface area contributed by atoms with Crippen LogP contribution in [-0.2, 0) is 32.2 Å². The Bertz CT molecular complexity index is 1070. The van der Waals surface area contributed by atoms with Crippen LogP contribution in [0.4, 0.5) is 0 Å². The molecule has 0 saturated heterocycles. The Morgan fingerprint density at radius 1 is 0.659 bits per heavy atom. The van der Waals surface area contributed by atoms with Crippen molar-refractivity contribution in [2.24, 2.45) is 0 Å². The molecule has 6 atom stereocenters. The van der Waals surface area contributed by atoms with Crippen molar-refractivity contribution < 1.29 is 18.9 Å². The first-order valence-corrected chi connectivity index (χ1v) is 15.7. The summed E-state index contributed by atoms with van der Waals surface area (Å²) in [7, 11) is 0. The molecule has 4 nitrogen and oxygen atoms in total. The lowest BCUT2D eigenvalue weighted by Gasteiger charge is -2.27. The fraction of sp³-hybridized carbons (Fsp3) is 0.514. The SMILES string of the molecule is C#CC[C@@H](OCc1ccccc1)[C@H]1C=C[C@H]([C@H]2C=C[C@H]([C@@H](CCCCCCCCCC)OCc3ccccc3)O2)O1. The Morgan fingerprint density at radius 3 is 1.68 bits per heavy atom. The van der Waals surface area contributed by atoms with Gasteiger partial charge in [0, 0.05) is 6.42 Å². The van der Waals surface area contributed by atoms with Gasteiger partial charge in [-0.1, -0.05) is 143 Å². The maximum absolute atomic E-state index is 6.54. The lowest BCUT2D eigenvalue weighted by atomic mass is 10.0. The fourth-order valence-corrected chi connectivity index (χ4v) is 5.54. The molecule has 0 bridgehead atoms. The molecule has 2 aromatic carbocycles. The molecule has 2 aliphatic rings. The van der Waals surface area contributed by atoms with Crippen LogP contribution in [0.25, 0.3) is 0 Å². The highest BCUT2D eigenvalue weighted by atomic mass is 16.6. The van der Waals surface area contributed by atoms with Crippen LogP contribution in [0.1, 0.15) is 82.3 Å². The summed E-state index contributed by atoms with van der Waals surface area (Å²) < 4.78 is 25.6. The number of rotatable bonds is 19. The zero-order valence-corrected chi connectivity index (χ0v) is 24.7. The molecule has 0 aliphatic carbocycles. The van der Waals surface area contributed by atoms with Crippen LogP contribution in [0.5, 0.6) is 0 Å². The van der Waals surface area contributed by atoms with Gasteiger partial charge < -0.3 is 18.9 Å². The molecule has 41 heavy (non-hydrogen) atoms. The summed E-state index contributed by atoms with van der Waals surface area (Å²) in [5, 5.41) is 0. The van der Waals surface area contributed by atoms with Crippen molar-refractivity contribution in [3.8, 4) is 12.3 Å². The largest absolute Gasteiger partial charge is 0.370 e. The second-order valence-electron chi connectivity index (χ2n) is 11.2. The highest BCUT2D eigenvalue weighted by Gasteiger charge is 2.36. The van der Waals surface area contributed by atoms with Crippen molar-refractivity contribution in [2.75, 3.05) is 0 Å². The summed E-state index contributed by atoms with van der Waals surface area (Å²) in [6, 6.07) is 20.5. The highest BCUT2D eigenvalue weighted by Crippen LogP contribution is 2.29. The second kappa shape index (κ2) is 18.0. The number of terminal acetylenes is 1. The Balaban J connectivity index is 1.26. The molecule has 4 rings (SSSR count). The first-order chi connectivity index (χ1) is 20.3. The van der Waals surface area contributed by atoms with Gasteiger partial charge in [0.1, 0.15) is 24.4 Å². The van der Waals surface area contributed by atoms with Crippen LogP contribution < -0.4 is 0 Å². The topological polar surface area (TPSA) is 36.9 Å². The monoisotopic (exact) mass is 556 g/mol. The molecule has 0 spiro atoms. The maximum Gasteiger partial charge on any atom is 0.106 e. The van der Waals surface area contributed by atoms with Crippen LogP contribution in [0.15, 0.2) is 85.0 Å². The molecule has 2 heterocycles. The number of ether oxygens (including phenoxy) is 4. The van der Waals surface area contributed by atoms with Crippen molar-refractivity contribution in [2.45, 2.75) is 121 Å². The second-order valence-corrected chi connectivity index (χ2v) is 11.2. The van der Waals surface area contributed by atoms with Gasteiger partial charge in [0.05, 0.1) is 25.4 Å². The van der Waals surface area contributed by atoms with Gasteiger partial charge in [0.2, 0.25) is 0 Å². The summed E-state index contributed by atoms with van der Waals surface area (Å²) in [4.78, 5) is 0. The molecular weight excluding hydrogens is 508 g/mol. The molecule has 0 amide bonds. The summed E-state index contributed by atoms with van der Waals surface area (Å²) in [6.45, 7) is 3.37. The van der Waals surface area contributed by atoms with E-state index in [1.807, 2.05) is 24.3 Å². The lowest BCUT2D eigenvalue weighted by molar-refractivity contribution is -0.117. The van der Waals surface area contributed by atoms with E-state index in [2.05, 4.69) is 73.5 Å². The van der Waals surface area contributed by atoms with E-state index in [0.29, 0.717) is 19.6 Å². The van der Waals surface area contributed by atoms with Gasteiger partial charge in [-0.15, -0.1) is 12.3 Å². The van der Waals surface area contributed by atoms with Crippen LogP contribution in [-0.4, -0.2) is 36.6 Å². The van der Waals surface area contributed by atoms with Crippen molar-refractivity contribution in [3.05, 3.63) is 96.1 Å². The van der Waals surface area contributed by atoms with Gasteiger partial charge >= 0.3 is 0 Å². The molecule has 0 fully saturated rings. The average Bonchev–Trinajstić information content (AvgIpc) is 3.70. The number of hydrogen-bond acceptors (Lipinski definition) is 4. The molecule has 0 radical (unpaired) electrons. The van der Waals surface area contributed by atoms with E-state index >= 15 is 0 Å². The van der Waals surface area contributed by atoms with Gasteiger partial charge in [0.15, 0.2) is 0 Å². The Labute approximate surface area is 248 Å². The van der Waals surface area contributed by atoms with Gasteiger partial charge in [-0.05, 0) is 17.5 Å². The van der Waals surface area contributed by atoms with Crippen LogP contribution >= 0.6 is 0 Å². The standard InChI is InChI=1S/C37H48O4/c1-3-5-6-7-8-9-10-17-23-33(39-29-31-21-15-12-16-22-31)35-25-27-37(41-35)36-26-24-34(40-36)32(18-4-2)38-28-30-19-13-11-14-20-30/h2,11-16,19-22,24-27,32-37H,3,5-10,17-18,23,28-29H2,1H3/t32-,33-,34-,35-,36-,37-/m1/s1. The summed E-state index contributed by atoms with van der Waals surface area (Å²) >= 11 is 0. The first-order valence-electron chi connectivity index (χ1n) is 15.7. The molecule has 0 saturated carbocycles. The molecule has 2 aromatic rings. The molecule has 4 heteroatoms. The molecule has 220 valence electrons. The highest BCUT2D eigenvalue weighted by molar-refractivity contribution is 5.18. The van der Waals surface area contributed by atoms with Gasteiger partial charge in [-0.25, -0.2) is 0 Å². The molecular formula is C37H48O4. The first kappa shape index (κ1) is 31.3. The van der Waals surface area contributed by atoms with Gasteiger partial charge in [-0.2, -0.15) is 0 Å². The van der Waals surface area contributed by atoms with Crippen molar-refractivity contribution in [1.29, 1.82) is 0 Å². The molecule has 0 unspecified atom stereocenters. The minimum Gasteiger partial charge on any atom is -0.370 e. The predicted molar refractivity (Wildman–Crippen MR) is 166 cm³/mol. The van der Waals surface area contributed by atoms with E-state index in [0.717, 1.165) is 18.4 Å². The zero-order chi connectivity index (χ0) is 28.5. The summed E-state index contributed by atoms with van der Waals surface area (Å²) in [6.07, 6.45) is 25.2. The van der Waals surface area contributed by atoms with E-state index in [-0.39, 0.29) is 36.6 Å². The molecule has 0 N–H and O–H groups in total. The summed E-state index contributed by atoms with van der Waals surface area (Å²) in [5.41, 5.74) is 2.31. The number of benzene rings is 2. The van der Waals surface area contributed by atoms with Crippen LogP contribution in [0, 0.1) is 12.3 Å². The van der Waals surface area contributed by atoms with Crippen molar-refractivity contribution in [1.82, 2.24) is 0 Å². The quantitative estimate of drug-likeness (QED) is 0.0990. The smallest absolute Gasteiger partial charge is 0.106 e. The minimum absolute atomic E-state index is 0.0149. The number of hydrogen-bond donors (Lipinski definition) is 0. The van der Waals surface area contributed by atoms with Crippen LogP contribution in [0.3, 0.4) is 0 Å². The van der Waals surface area contributed by atoms with Crippen molar-refractivity contribution in [3.63, 3.8) is 0 Å². The average molecular weight is 557 g/mol. The zero-order valence-electron chi connectivity index (χ0n) is 24.7. The Morgan fingerprint density at radius 2 is 1.15 bits per heavy atom. The van der Waals surface area contributed by atoms with Crippen LogP contribution in [0.2, 0.25) is 0 Å². The normalized spacial score (nSPS) is 23.0. The van der Waals surface area contributed by atoms with E-state index in [9.17, 15) is 0 Å². The maximum atomic E-state index is 6.54. The van der Waals surface area contributed by atoms with Gasteiger partial charge in [0.25, 0.3) is 0 Å². The van der Waals surface area contributed by atoms with E-state index in [1.54, 1.807) is 0 Å².